The summed E-state index contributed by atoms with van der Waals surface area (Å²) < 4.78 is 16.1. The molecular weight excluding hydrogens is 334 g/mol. The van der Waals surface area contributed by atoms with Crippen molar-refractivity contribution in [1.29, 1.82) is 0 Å². The molecule has 0 bridgehead atoms. The monoisotopic (exact) mass is 359 g/mol. The van der Waals surface area contributed by atoms with E-state index >= 15 is 0 Å². The third-order valence-electron chi connectivity index (χ3n) is 4.75. The summed E-state index contributed by atoms with van der Waals surface area (Å²) in [7, 11) is 3.39. The minimum atomic E-state index is -0.180. The Morgan fingerprint density at radius 3 is 2.81 bits per heavy atom. The predicted octanol–water partition coefficient (Wildman–Crippen LogP) is 2.35. The number of rotatable bonds is 6. The van der Waals surface area contributed by atoms with Crippen LogP contribution in [0.15, 0.2) is 34.9 Å². The molecule has 0 N–H and O–H groups in total. The molecule has 7 nitrogen and oxygen atoms in total. The fourth-order valence-corrected chi connectivity index (χ4v) is 3.04. The van der Waals surface area contributed by atoms with E-state index < -0.39 is 0 Å². The van der Waals surface area contributed by atoms with Crippen molar-refractivity contribution in [3.05, 3.63) is 47.3 Å². The summed E-state index contributed by atoms with van der Waals surface area (Å²) in [6, 6.07) is 9.26. The molecule has 0 radical (unpaired) electrons. The van der Waals surface area contributed by atoms with Crippen LogP contribution in [0.1, 0.15) is 34.8 Å². The Hall–Kier alpha value is -2.38. The summed E-state index contributed by atoms with van der Waals surface area (Å²) in [5, 5.41) is 3.97. The zero-order valence-corrected chi connectivity index (χ0v) is 15.5. The van der Waals surface area contributed by atoms with Gasteiger partial charge >= 0.3 is 0 Å². The molecule has 3 rings (SSSR count). The summed E-state index contributed by atoms with van der Waals surface area (Å²) in [6.07, 6.45) is 0. The third-order valence-corrected chi connectivity index (χ3v) is 4.75. The number of hydrogen-bond acceptors (Lipinski definition) is 6. The van der Waals surface area contributed by atoms with Crippen molar-refractivity contribution in [3.63, 3.8) is 0 Å². The molecule has 1 fully saturated rings. The Morgan fingerprint density at radius 1 is 1.35 bits per heavy atom. The predicted molar refractivity (Wildman–Crippen MR) is 96.1 cm³/mol. The van der Waals surface area contributed by atoms with Gasteiger partial charge in [0.2, 0.25) is 0 Å². The third kappa shape index (κ3) is 4.05. The first-order chi connectivity index (χ1) is 12.6. The molecule has 1 saturated heterocycles. The average molecular weight is 359 g/mol. The lowest BCUT2D eigenvalue weighted by Gasteiger charge is -2.25. The largest absolute Gasteiger partial charge is 0.496 e. The van der Waals surface area contributed by atoms with E-state index in [1.165, 1.54) is 0 Å². The second-order valence-electron chi connectivity index (χ2n) is 6.40. The van der Waals surface area contributed by atoms with Gasteiger partial charge in [-0.3, -0.25) is 9.69 Å². The molecule has 0 spiro atoms. The number of para-hydroxylation sites is 1. The van der Waals surface area contributed by atoms with Crippen LogP contribution in [0.5, 0.6) is 5.75 Å². The van der Waals surface area contributed by atoms with Crippen LogP contribution in [0.4, 0.5) is 0 Å². The fourth-order valence-electron chi connectivity index (χ4n) is 3.04. The van der Waals surface area contributed by atoms with Gasteiger partial charge in [-0.15, -0.1) is 0 Å². The zero-order chi connectivity index (χ0) is 18.5. The van der Waals surface area contributed by atoms with Gasteiger partial charge in [-0.1, -0.05) is 23.4 Å². The highest BCUT2D eigenvalue weighted by atomic mass is 16.5. The van der Waals surface area contributed by atoms with Crippen molar-refractivity contribution < 1.29 is 18.8 Å². The van der Waals surface area contributed by atoms with Gasteiger partial charge in [-0.25, -0.2) is 0 Å². The highest BCUT2D eigenvalue weighted by molar-refractivity contribution is 5.92. The van der Waals surface area contributed by atoms with Gasteiger partial charge in [0.15, 0.2) is 11.5 Å². The van der Waals surface area contributed by atoms with Gasteiger partial charge in [0.05, 0.1) is 32.9 Å². The van der Waals surface area contributed by atoms with Crippen LogP contribution in [0.3, 0.4) is 0 Å². The van der Waals surface area contributed by atoms with Gasteiger partial charge in [0.1, 0.15) is 5.75 Å². The van der Waals surface area contributed by atoms with Gasteiger partial charge < -0.3 is 18.9 Å². The highest BCUT2D eigenvalue weighted by Gasteiger charge is 2.24. The number of carbonyl (C=O) groups excluding carboxylic acids is 1. The molecule has 140 valence electrons. The Kier molecular flexibility index (Phi) is 5.90. The minimum Gasteiger partial charge on any atom is -0.496 e. The number of benzene rings is 1. The number of carbonyl (C=O) groups is 1. The molecule has 2 heterocycles. The van der Waals surface area contributed by atoms with Crippen LogP contribution in [-0.4, -0.2) is 61.3 Å². The van der Waals surface area contributed by atoms with Crippen molar-refractivity contribution in [2.75, 3.05) is 40.5 Å². The molecule has 1 aliphatic heterocycles. The van der Waals surface area contributed by atoms with E-state index in [2.05, 4.69) is 10.1 Å². The van der Waals surface area contributed by atoms with Gasteiger partial charge in [-0.2, -0.15) is 0 Å². The number of morpholine rings is 1. The number of ether oxygens (including phenoxy) is 2. The molecule has 1 aromatic carbocycles. The van der Waals surface area contributed by atoms with Gasteiger partial charge in [-0.05, 0) is 13.0 Å². The number of hydrogen-bond donors (Lipinski definition) is 0. The van der Waals surface area contributed by atoms with E-state index in [1.54, 1.807) is 25.1 Å². The fraction of sp³-hybridized carbons (Fsp3) is 0.474. The van der Waals surface area contributed by atoms with E-state index in [-0.39, 0.29) is 11.9 Å². The summed E-state index contributed by atoms with van der Waals surface area (Å²) in [4.78, 5) is 16.7. The van der Waals surface area contributed by atoms with Crippen LogP contribution in [-0.2, 0) is 11.3 Å². The van der Waals surface area contributed by atoms with E-state index in [1.807, 2.05) is 31.2 Å². The van der Waals surface area contributed by atoms with Crippen molar-refractivity contribution in [1.82, 2.24) is 15.0 Å². The molecule has 0 saturated carbocycles. The summed E-state index contributed by atoms with van der Waals surface area (Å²) >= 11 is 0. The topological polar surface area (TPSA) is 68.0 Å². The molecular formula is C19H25N3O4. The molecule has 1 atom stereocenters. The Bertz CT molecular complexity index is 740. The molecule has 0 aliphatic carbocycles. The second kappa shape index (κ2) is 8.33. The standard InChI is InChI=1S/C19H25N3O4/c1-14(16-6-4-5-7-18(16)24-3)21(2)19(23)17-12-15(26-20-17)13-22-8-10-25-11-9-22/h4-7,12,14H,8-11,13H2,1-3H3. The zero-order valence-electron chi connectivity index (χ0n) is 15.5. The first-order valence-electron chi connectivity index (χ1n) is 8.76. The normalized spacial score (nSPS) is 16.3. The van der Waals surface area contributed by atoms with E-state index in [4.69, 9.17) is 14.0 Å². The first-order valence-corrected chi connectivity index (χ1v) is 8.76. The summed E-state index contributed by atoms with van der Waals surface area (Å²) in [5.41, 5.74) is 1.26. The molecule has 26 heavy (non-hydrogen) atoms. The molecule has 1 amide bonds. The van der Waals surface area contributed by atoms with Crippen molar-refractivity contribution >= 4 is 5.91 Å². The average Bonchev–Trinajstić information content (AvgIpc) is 3.15. The van der Waals surface area contributed by atoms with Crippen molar-refractivity contribution in [2.45, 2.75) is 19.5 Å². The number of nitrogens with zero attached hydrogens (tertiary/aromatic N) is 3. The molecule has 2 aromatic rings. The van der Waals surface area contributed by atoms with E-state index in [9.17, 15) is 4.79 Å². The van der Waals surface area contributed by atoms with E-state index in [0.29, 0.717) is 18.0 Å². The van der Waals surface area contributed by atoms with Crippen LogP contribution in [0.2, 0.25) is 0 Å². The SMILES string of the molecule is COc1ccccc1C(C)N(C)C(=O)c1cc(CN2CCOCC2)on1. The van der Waals surface area contributed by atoms with Crippen LogP contribution in [0, 0.1) is 0 Å². The molecule has 1 unspecified atom stereocenters. The van der Waals surface area contributed by atoms with Gasteiger partial charge in [0.25, 0.3) is 5.91 Å². The Labute approximate surface area is 153 Å². The maximum Gasteiger partial charge on any atom is 0.276 e. The minimum absolute atomic E-state index is 0.155. The molecule has 1 aliphatic rings. The maximum absolute atomic E-state index is 12.8. The first kappa shape index (κ1) is 18.4. The maximum atomic E-state index is 12.8. The van der Waals surface area contributed by atoms with Crippen LogP contribution in [0.25, 0.3) is 0 Å². The Morgan fingerprint density at radius 2 is 2.08 bits per heavy atom. The lowest BCUT2D eigenvalue weighted by atomic mass is 10.1. The van der Waals surface area contributed by atoms with Gasteiger partial charge in [0, 0.05) is 31.8 Å². The quantitative estimate of drug-likeness (QED) is 0.789. The lowest BCUT2D eigenvalue weighted by Crippen LogP contribution is -2.35. The smallest absolute Gasteiger partial charge is 0.276 e. The summed E-state index contributed by atoms with van der Waals surface area (Å²) in [6.45, 7) is 5.75. The van der Waals surface area contributed by atoms with Crippen molar-refractivity contribution in [3.8, 4) is 5.75 Å². The summed E-state index contributed by atoms with van der Waals surface area (Å²) in [5.74, 6) is 1.27. The van der Waals surface area contributed by atoms with Crippen LogP contribution < -0.4 is 4.74 Å². The second-order valence-corrected chi connectivity index (χ2v) is 6.40. The molecule has 1 aromatic heterocycles. The molecule has 7 heteroatoms. The van der Waals surface area contributed by atoms with Crippen LogP contribution >= 0.6 is 0 Å². The number of aromatic nitrogens is 1. The van der Waals surface area contributed by atoms with Crippen molar-refractivity contribution in [2.24, 2.45) is 0 Å². The lowest BCUT2D eigenvalue weighted by molar-refractivity contribution is 0.0305. The number of methoxy groups -OCH3 is 1. The Balaban J connectivity index is 1.68. The highest BCUT2D eigenvalue weighted by Crippen LogP contribution is 2.28. The van der Waals surface area contributed by atoms with E-state index in [0.717, 1.165) is 37.6 Å². The number of amides is 1.